The van der Waals surface area contributed by atoms with Crippen molar-refractivity contribution in [2.45, 2.75) is 56.6 Å². The van der Waals surface area contributed by atoms with E-state index in [2.05, 4.69) is 28.9 Å². The third-order valence-corrected chi connectivity index (χ3v) is 8.48. The van der Waals surface area contributed by atoms with Crippen molar-refractivity contribution in [3.8, 4) is 16.9 Å². The fourth-order valence-corrected chi connectivity index (χ4v) is 5.01. The van der Waals surface area contributed by atoms with E-state index in [-0.39, 0.29) is 5.92 Å². The highest BCUT2D eigenvalue weighted by Gasteiger charge is 2.24. The molecule has 8 heteroatoms. The average molecular weight is 484 g/mol. The van der Waals surface area contributed by atoms with Crippen LogP contribution in [0.4, 0.5) is 6.01 Å². The molecule has 2 heterocycles. The van der Waals surface area contributed by atoms with E-state index in [1.165, 1.54) is 0 Å². The number of nitrogens with zero attached hydrogens (tertiary/aromatic N) is 3. The fraction of sp³-hybridized carbons (Fsp3) is 0.462. The minimum atomic E-state index is -3.26. The largest absolute Gasteiger partial charge is 0.493 e. The molecule has 0 bridgehead atoms. The van der Waals surface area contributed by atoms with Gasteiger partial charge >= 0.3 is 6.01 Å². The summed E-state index contributed by atoms with van der Waals surface area (Å²) < 4.78 is 36.1. The van der Waals surface area contributed by atoms with Crippen molar-refractivity contribution < 1.29 is 17.7 Å². The van der Waals surface area contributed by atoms with Crippen LogP contribution in [-0.4, -0.2) is 43.5 Å². The predicted molar refractivity (Wildman–Crippen MR) is 133 cm³/mol. The summed E-state index contributed by atoms with van der Waals surface area (Å²) in [4.78, 5) is 7.01. The van der Waals surface area contributed by atoms with Crippen molar-refractivity contribution in [2.75, 3.05) is 24.6 Å². The molecule has 4 rings (SSSR count). The molecule has 0 radical (unpaired) electrons. The summed E-state index contributed by atoms with van der Waals surface area (Å²) in [5, 5.41) is 3.63. The van der Waals surface area contributed by atoms with E-state index >= 15 is 0 Å². The van der Waals surface area contributed by atoms with E-state index in [0.717, 1.165) is 48.6 Å². The Balaban J connectivity index is 1.28. The lowest BCUT2D eigenvalue weighted by Crippen LogP contribution is -2.35. The van der Waals surface area contributed by atoms with Gasteiger partial charge in [-0.3, -0.25) is 0 Å². The van der Waals surface area contributed by atoms with Gasteiger partial charge in [0.25, 0.3) is 0 Å². The molecule has 1 aliphatic rings. The standard InChI is InChI=1S/C26H33N3O4S/c1-18(2)25-27-26(33-28-25)29-15-13-20(14-16-29)17-32-23-9-5-21(6-10-23)22-7-11-24(12-8-22)34(30,31)19(3)4/h5-12,18-20H,13-17H2,1-4H3. The molecular formula is C26H33N3O4S. The van der Waals surface area contributed by atoms with Gasteiger partial charge in [0.2, 0.25) is 0 Å². The molecule has 0 aliphatic carbocycles. The number of rotatable bonds is 8. The number of piperidine rings is 1. The zero-order chi connectivity index (χ0) is 24.3. The molecular weight excluding hydrogens is 450 g/mol. The minimum absolute atomic E-state index is 0.259. The SMILES string of the molecule is CC(C)c1noc(N2CCC(COc3ccc(-c4ccc(S(=O)(=O)C(C)C)cc4)cc3)CC2)n1. The summed E-state index contributed by atoms with van der Waals surface area (Å²) in [5.41, 5.74) is 2.00. The predicted octanol–water partition coefficient (Wildman–Crippen LogP) is 5.34. The van der Waals surface area contributed by atoms with E-state index in [4.69, 9.17) is 9.26 Å². The Morgan fingerprint density at radius 1 is 0.971 bits per heavy atom. The molecule has 0 atom stereocenters. The molecule has 0 saturated carbocycles. The maximum Gasteiger partial charge on any atom is 0.324 e. The van der Waals surface area contributed by atoms with Crippen LogP contribution in [0, 0.1) is 5.92 Å². The zero-order valence-corrected chi connectivity index (χ0v) is 21.1. The summed E-state index contributed by atoms with van der Waals surface area (Å²) in [5.74, 6) is 2.33. The van der Waals surface area contributed by atoms with Gasteiger partial charge in [-0.2, -0.15) is 4.98 Å². The number of hydrogen-bond acceptors (Lipinski definition) is 7. The summed E-state index contributed by atoms with van der Waals surface area (Å²) in [6, 6.07) is 15.6. The third kappa shape index (κ3) is 5.43. The maximum atomic E-state index is 12.3. The van der Waals surface area contributed by atoms with Crippen LogP contribution in [0.15, 0.2) is 57.9 Å². The second-order valence-electron chi connectivity index (χ2n) is 9.47. The van der Waals surface area contributed by atoms with Crippen molar-refractivity contribution >= 4 is 15.9 Å². The Hall–Kier alpha value is -2.87. The van der Waals surface area contributed by atoms with Crippen LogP contribution in [0.3, 0.4) is 0 Å². The highest BCUT2D eigenvalue weighted by Crippen LogP contribution is 2.27. The molecule has 182 valence electrons. The van der Waals surface area contributed by atoms with Gasteiger partial charge < -0.3 is 14.2 Å². The van der Waals surface area contributed by atoms with Crippen molar-refractivity contribution in [3.63, 3.8) is 0 Å². The van der Waals surface area contributed by atoms with Gasteiger partial charge in [0, 0.05) is 19.0 Å². The smallest absolute Gasteiger partial charge is 0.324 e. The first-order valence-electron chi connectivity index (χ1n) is 11.9. The van der Waals surface area contributed by atoms with Crippen molar-refractivity contribution in [3.05, 3.63) is 54.4 Å². The Kier molecular flexibility index (Phi) is 7.26. The second-order valence-corrected chi connectivity index (χ2v) is 12.0. The quantitative estimate of drug-likeness (QED) is 0.428. The van der Waals surface area contributed by atoms with E-state index < -0.39 is 15.1 Å². The maximum absolute atomic E-state index is 12.3. The van der Waals surface area contributed by atoms with Gasteiger partial charge in [-0.05, 0) is 68.0 Å². The van der Waals surface area contributed by atoms with Gasteiger partial charge in [-0.25, -0.2) is 8.42 Å². The van der Waals surface area contributed by atoms with Crippen LogP contribution < -0.4 is 9.64 Å². The first-order chi connectivity index (χ1) is 16.2. The number of benzene rings is 2. The number of anilines is 1. The Labute approximate surface area is 202 Å². The lowest BCUT2D eigenvalue weighted by Gasteiger charge is -2.30. The van der Waals surface area contributed by atoms with Crippen LogP contribution in [0.1, 0.15) is 52.3 Å². The normalized spacial score (nSPS) is 15.3. The number of sulfone groups is 1. The van der Waals surface area contributed by atoms with Crippen LogP contribution in [-0.2, 0) is 9.84 Å². The molecule has 3 aromatic rings. The summed E-state index contributed by atoms with van der Waals surface area (Å²) in [6.45, 7) is 9.95. The molecule has 0 amide bonds. The van der Waals surface area contributed by atoms with Gasteiger partial charge in [-0.1, -0.05) is 43.3 Å². The second kappa shape index (κ2) is 10.2. The highest BCUT2D eigenvalue weighted by molar-refractivity contribution is 7.92. The minimum Gasteiger partial charge on any atom is -0.493 e. The number of ether oxygens (including phenoxy) is 1. The van der Waals surface area contributed by atoms with Crippen LogP contribution in [0.2, 0.25) is 0 Å². The monoisotopic (exact) mass is 483 g/mol. The topological polar surface area (TPSA) is 85.5 Å². The molecule has 1 aromatic heterocycles. The lowest BCUT2D eigenvalue weighted by atomic mass is 9.98. The van der Waals surface area contributed by atoms with Crippen LogP contribution in [0.25, 0.3) is 11.1 Å². The van der Waals surface area contributed by atoms with Crippen LogP contribution >= 0.6 is 0 Å². The molecule has 34 heavy (non-hydrogen) atoms. The van der Waals surface area contributed by atoms with E-state index in [0.29, 0.717) is 23.4 Å². The molecule has 0 N–H and O–H groups in total. The van der Waals surface area contributed by atoms with Gasteiger partial charge in [-0.15, -0.1) is 0 Å². The average Bonchev–Trinajstić information content (AvgIpc) is 3.34. The fourth-order valence-electron chi connectivity index (χ4n) is 3.95. The van der Waals surface area contributed by atoms with E-state index in [1.54, 1.807) is 26.0 Å². The van der Waals surface area contributed by atoms with Crippen molar-refractivity contribution in [2.24, 2.45) is 5.92 Å². The first kappa shape index (κ1) is 24.3. The molecule has 1 aliphatic heterocycles. The van der Waals surface area contributed by atoms with Gasteiger partial charge in [0.15, 0.2) is 15.7 Å². The lowest BCUT2D eigenvalue weighted by molar-refractivity contribution is 0.220. The van der Waals surface area contributed by atoms with Crippen molar-refractivity contribution in [1.82, 2.24) is 10.1 Å². The Morgan fingerprint density at radius 2 is 1.56 bits per heavy atom. The molecule has 0 spiro atoms. The number of aromatic nitrogens is 2. The molecule has 7 nitrogen and oxygen atoms in total. The molecule has 1 saturated heterocycles. The summed E-state index contributed by atoms with van der Waals surface area (Å²) in [7, 11) is -3.26. The van der Waals surface area contributed by atoms with Crippen molar-refractivity contribution in [1.29, 1.82) is 0 Å². The molecule has 0 unspecified atom stereocenters. The highest BCUT2D eigenvalue weighted by atomic mass is 32.2. The summed E-state index contributed by atoms with van der Waals surface area (Å²) in [6.07, 6.45) is 2.03. The van der Waals surface area contributed by atoms with E-state index in [9.17, 15) is 8.42 Å². The Morgan fingerprint density at radius 3 is 2.09 bits per heavy atom. The molecule has 2 aromatic carbocycles. The molecule has 1 fully saturated rings. The van der Waals surface area contributed by atoms with E-state index in [1.807, 2.05) is 36.4 Å². The summed E-state index contributed by atoms with van der Waals surface area (Å²) >= 11 is 0. The van der Waals surface area contributed by atoms with Gasteiger partial charge in [0.1, 0.15) is 5.75 Å². The number of hydrogen-bond donors (Lipinski definition) is 0. The zero-order valence-electron chi connectivity index (χ0n) is 20.3. The van der Waals surface area contributed by atoms with Crippen LogP contribution in [0.5, 0.6) is 5.75 Å². The Bertz CT molecular complexity index is 1180. The van der Waals surface area contributed by atoms with Gasteiger partial charge in [0.05, 0.1) is 16.8 Å². The third-order valence-electron chi connectivity index (χ3n) is 6.31. The first-order valence-corrected chi connectivity index (χ1v) is 13.4.